The van der Waals surface area contributed by atoms with Crippen molar-refractivity contribution in [2.24, 2.45) is 17.8 Å². The van der Waals surface area contributed by atoms with Crippen LogP contribution in [0.2, 0.25) is 0 Å². The summed E-state index contributed by atoms with van der Waals surface area (Å²) in [7, 11) is 0. The third-order valence-electron chi connectivity index (χ3n) is 3.50. The fourth-order valence-corrected chi connectivity index (χ4v) is 3.78. The summed E-state index contributed by atoms with van der Waals surface area (Å²) < 4.78 is -1.01. The van der Waals surface area contributed by atoms with Crippen LogP contribution in [0.4, 0.5) is 0 Å². The molecule has 2 aliphatic carbocycles. The van der Waals surface area contributed by atoms with Gasteiger partial charge in [0.1, 0.15) is 0 Å². The van der Waals surface area contributed by atoms with Crippen molar-refractivity contribution in [2.75, 3.05) is 0 Å². The first-order valence-electron chi connectivity index (χ1n) is 4.66. The molecular weight excluding hydrogens is 214 g/mol. The summed E-state index contributed by atoms with van der Waals surface area (Å²) in [5.41, 5.74) is 0. The topological polar surface area (TPSA) is 0 Å². The van der Waals surface area contributed by atoms with Gasteiger partial charge in [-0.05, 0) is 31.1 Å². The maximum Gasteiger partial charge on any atom is 0.193 e. The van der Waals surface area contributed by atoms with E-state index in [1.165, 1.54) is 25.7 Å². The van der Waals surface area contributed by atoms with Gasteiger partial charge in [0.15, 0.2) is 3.79 Å². The number of halogens is 3. The second kappa shape index (κ2) is 3.22. The summed E-state index contributed by atoms with van der Waals surface area (Å²) >= 11 is 17.8. The lowest BCUT2D eigenvalue weighted by Crippen LogP contribution is -2.23. The van der Waals surface area contributed by atoms with Gasteiger partial charge < -0.3 is 0 Å². The minimum absolute atomic E-state index is 0.329. The second-order valence-corrected chi connectivity index (χ2v) is 6.45. The Morgan fingerprint density at radius 2 is 1.67 bits per heavy atom. The van der Waals surface area contributed by atoms with Crippen LogP contribution in [0.5, 0.6) is 0 Å². The summed E-state index contributed by atoms with van der Waals surface area (Å²) in [4.78, 5) is 0. The van der Waals surface area contributed by atoms with E-state index in [4.69, 9.17) is 34.8 Å². The third-order valence-corrected chi connectivity index (χ3v) is 4.34. The van der Waals surface area contributed by atoms with Crippen molar-refractivity contribution in [2.45, 2.75) is 35.9 Å². The molecule has 0 spiro atoms. The van der Waals surface area contributed by atoms with Gasteiger partial charge in [-0.1, -0.05) is 47.6 Å². The lowest BCUT2D eigenvalue weighted by Gasteiger charge is -2.25. The van der Waals surface area contributed by atoms with Gasteiger partial charge in [-0.2, -0.15) is 0 Å². The van der Waals surface area contributed by atoms with E-state index in [-0.39, 0.29) is 0 Å². The molecule has 0 saturated heterocycles. The highest BCUT2D eigenvalue weighted by Crippen LogP contribution is 2.55. The van der Waals surface area contributed by atoms with Gasteiger partial charge in [0.2, 0.25) is 0 Å². The SMILES string of the molecule is ClC(Cl)(Cl)[C@H]1CC[C@@H]2CCCC21. The molecular formula is C9H13Cl3. The minimum Gasteiger partial charge on any atom is -0.0834 e. The van der Waals surface area contributed by atoms with E-state index in [0.29, 0.717) is 11.8 Å². The molecule has 2 saturated carbocycles. The molecule has 2 fully saturated rings. The number of alkyl halides is 3. The van der Waals surface area contributed by atoms with Crippen molar-refractivity contribution < 1.29 is 0 Å². The molecule has 0 nitrogen and oxygen atoms in total. The average Bonchev–Trinajstić information content (AvgIpc) is 2.37. The maximum atomic E-state index is 5.94. The zero-order chi connectivity index (χ0) is 8.77. The quantitative estimate of drug-likeness (QED) is 0.545. The molecule has 0 bridgehead atoms. The highest BCUT2D eigenvalue weighted by atomic mass is 35.6. The number of fused-ring (bicyclic) bond motifs is 1. The Balaban J connectivity index is 2.09. The van der Waals surface area contributed by atoms with Crippen LogP contribution >= 0.6 is 34.8 Å². The zero-order valence-corrected chi connectivity index (χ0v) is 9.17. The molecule has 2 aliphatic rings. The van der Waals surface area contributed by atoms with Crippen LogP contribution in [0.1, 0.15) is 32.1 Å². The lowest BCUT2D eigenvalue weighted by atomic mass is 9.93. The van der Waals surface area contributed by atoms with Crippen LogP contribution in [0.25, 0.3) is 0 Å². The van der Waals surface area contributed by atoms with E-state index < -0.39 is 3.79 Å². The molecule has 0 amide bonds. The van der Waals surface area contributed by atoms with E-state index >= 15 is 0 Å². The largest absolute Gasteiger partial charge is 0.193 e. The average molecular weight is 228 g/mol. The van der Waals surface area contributed by atoms with Gasteiger partial charge in [0, 0.05) is 5.92 Å². The number of rotatable bonds is 0. The Morgan fingerprint density at radius 3 is 2.33 bits per heavy atom. The van der Waals surface area contributed by atoms with E-state index in [1.807, 2.05) is 0 Å². The molecule has 1 unspecified atom stereocenters. The highest BCUT2D eigenvalue weighted by Gasteiger charge is 2.47. The Morgan fingerprint density at radius 1 is 0.917 bits per heavy atom. The molecule has 0 aliphatic heterocycles. The zero-order valence-electron chi connectivity index (χ0n) is 6.90. The predicted octanol–water partition coefficient (Wildman–Crippen LogP) is 4.18. The number of hydrogen-bond donors (Lipinski definition) is 0. The van der Waals surface area contributed by atoms with Crippen molar-refractivity contribution in [1.29, 1.82) is 0 Å². The van der Waals surface area contributed by atoms with Gasteiger partial charge in [0.05, 0.1) is 0 Å². The molecule has 2 rings (SSSR count). The summed E-state index contributed by atoms with van der Waals surface area (Å²) in [5, 5.41) is 0. The van der Waals surface area contributed by atoms with Crippen LogP contribution in [0, 0.1) is 17.8 Å². The van der Waals surface area contributed by atoms with Crippen LogP contribution in [-0.4, -0.2) is 3.79 Å². The van der Waals surface area contributed by atoms with Gasteiger partial charge in [0.25, 0.3) is 0 Å². The smallest absolute Gasteiger partial charge is 0.0834 e. The first kappa shape index (κ1) is 9.43. The first-order chi connectivity index (χ1) is 5.59. The molecule has 0 radical (unpaired) electrons. The standard InChI is InChI=1S/C9H13Cl3/c10-9(11,12)8-5-4-6-2-1-3-7(6)8/h6-8H,1-5H2/t6-,7?,8-/m0/s1. The molecule has 12 heavy (non-hydrogen) atoms. The maximum absolute atomic E-state index is 5.94. The van der Waals surface area contributed by atoms with Gasteiger partial charge >= 0.3 is 0 Å². The lowest BCUT2D eigenvalue weighted by molar-refractivity contribution is 0.357. The monoisotopic (exact) mass is 226 g/mol. The summed E-state index contributed by atoms with van der Waals surface area (Å²) in [5.74, 6) is 1.90. The predicted molar refractivity (Wildman–Crippen MR) is 53.8 cm³/mol. The molecule has 3 heteroatoms. The molecule has 3 atom stereocenters. The molecule has 0 N–H and O–H groups in total. The van der Waals surface area contributed by atoms with Gasteiger partial charge in [-0.15, -0.1) is 0 Å². The summed E-state index contributed by atoms with van der Waals surface area (Å²) in [6, 6.07) is 0. The van der Waals surface area contributed by atoms with E-state index in [0.717, 1.165) is 12.3 Å². The van der Waals surface area contributed by atoms with Crippen molar-refractivity contribution in [3.05, 3.63) is 0 Å². The normalized spacial score (nSPS) is 41.8. The Bertz CT molecular complexity index is 173. The molecule has 0 aromatic carbocycles. The Labute approximate surface area is 88.6 Å². The van der Waals surface area contributed by atoms with Gasteiger partial charge in [-0.25, -0.2) is 0 Å². The Kier molecular flexibility index (Phi) is 2.53. The summed E-state index contributed by atoms with van der Waals surface area (Å²) in [6.07, 6.45) is 6.38. The first-order valence-corrected chi connectivity index (χ1v) is 5.79. The number of hydrogen-bond acceptors (Lipinski definition) is 0. The summed E-state index contributed by atoms with van der Waals surface area (Å²) in [6.45, 7) is 0. The molecule has 0 aromatic rings. The third kappa shape index (κ3) is 1.58. The van der Waals surface area contributed by atoms with E-state index in [2.05, 4.69) is 0 Å². The van der Waals surface area contributed by atoms with Crippen LogP contribution in [0.3, 0.4) is 0 Å². The van der Waals surface area contributed by atoms with Crippen LogP contribution in [-0.2, 0) is 0 Å². The van der Waals surface area contributed by atoms with Crippen molar-refractivity contribution in [3.63, 3.8) is 0 Å². The Hall–Kier alpha value is 0.870. The molecule has 70 valence electrons. The molecule has 0 aromatic heterocycles. The van der Waals surface area contributed by atoms with E-state index in [9.17, 15) is 0 Å². The minimum atomic E-state index is -1.01. The molecule has 0 heterocycles. The van der Waals surface area contributed by atoms with Crippen molar-refractivity contribution >= 4 is 34.8 Å². The van der Waals surface area contributed by atoms with Crippen LogP contribution in [0.15, 0.2) is 0 Å². The van der Waals surface area contributed by atoms with Gasteiger partial charge in [-0.3, -0.25) is 0 Å². The highest BCUT2D eigenvalue weighted by molar-refractivity contribution is 6.67. The van der Waals surface area contributed by atoms with Crippen molar-refractivity contribution in [3.8, 4) is 0 Å². The second-order valence-electron chi connectivity index (χ2n) is 4.08. The fourth-order valence-electron chi connectivity index (χ4n) is 2.97. The fraction of sp³-hybridized carbons (Fsp3) is 1.00. The van der Waals surface area contributed by atoms with Crippen molar-refractivity contribution in [1.82, 2.24) is 0 Å². The van der Waals surface area contributed by atoms with E-state index in [1.54, 1.807) is 0 Å². The van der Waals surface area contributed by atoms with Crippen LogP contribution < -0.4 is 0 Å².